The average Bonchev–Trinajstić information content (AvgIpc) is 3.24. The van der Waals surface area contributed by atoms with Crippen molar-refractivity contribution in [2.75, 3.05) is 24.8 Å². The third kappa shape index (κ3) is 6.33. The molecular weight excluding hydrogens is 470 g/mol. The quantitative estimate of drug-likeness (QED) is 0.495. The summed E-state index contributed by atoms with van der Waals surface area (Å²) in [6.45, 7) is 11.0. The van der Waals surface area contributed by atoms with Crippen molar-refractivity contribution in [1.29, 1.82) is 0 Å². The first kappa shape index (κ1) is 26.1. The van der Waals surface area contributed by atoms with Crippen LogP contribution in [0.2, 0.25) is 1.41 Å². The maximum atomic E-state index is 12.4. The highest BCUT2D eigenvalue weighted by Gasteiger charge is 2.49. The summed E-state index contributed by atoms with van der Waals surface area (Å²) in [7, 11) is 6.92. The van der Waals surface area contributed by atoms with Crippen LogP contribution in [0.3, 0.4) is 0 Å². The van der Waals surface area contributed by atoms with Crippen molar-refractivity contribution in [1.82, 2.24) is 24.5 Å². The number of anilines is 1. The van der Waals surface area contributed by atoms with E-state index in [1.165, 1.54) is 7.17 Å². The van der Waals surface area contributed by atoms with Crippen LogP contribution in [0.15, 0.2) is 6.20 Å². The Labute approximate surface area is 223 Å². The molecule has 2 aliphatic rings. The van der Waals surface area contributed by atoms with Crippen LogP contribution in [0, 0.1) is 11.3 Å². The van der Waals surface area contributed by atoms with Gasteiger partial charge in [-0.3, -0.25) is 0 Å². The number of aromatic nitrogens is 4. The van der Waals surface area contributed by atoms with Crippen LogP contribution in [0.25, 0.3) is 5.65 Å². The predicted molar refractivity (Wildman–Crippen MR) is 143 cm³/mol. The fraction of sp³-hybridized carbons (Fsp3) is 0.760. The first-order chi connectivity index (χ1) is 17.9. The molecule has 10 nitrogen and oxygen atoms in total. The standard InChI is InChI=1S/C25H39B2N6O4/c1-6-7-16(2)36-22-30-20(29-15-27-26)21-28-14-18(33(21)31-22)19(34)17-12-25(13-17)8-10-32(11-9-25)23(35)37-24(3,4)5/h14,16-17,19,34H,6-13,15H2,1-5H3,(H,29,30,31)/t16-,19?/m0/s1/i/hD. The van der Waals surface area contributed by atoms with Crippen LogP contribution >= 0.6 is 0 Å². The molecule has 1 saturated carbocycles. The van der Waals surface area contributed by atoms with Crippen LogP contribution in [0.5, 0.6) is 6.01 Å². The molecule has 2 aromatic heterocycles. The number of aliphatic hydroxyl groups is 1. The smallest absolute Gasteiger partial charge is 0.410 e. The molecule has 2 aromatic rings. The van der Waals surface area contributed by atoms with E-state index in [1.807, 2.05) is 27.7 Å². The van der Waals surface area contributed by atoms with Crippen molar-refractivity contribution in [3.8, 4) is 6.01 Å². The number of rotatable bonds is 9. The number of carbonyl (C=O) groups is 1. The molecule has 1 aliphatic heterocycles. The van der Waals surface area contributed by atoms with Crippen molar-refractivity contribution in [3.63, 3.8) is 0 Å². The summed E-state index contributed by atoms with van der Waals surface area (Å²) in [5, 5.41) is 17.0. The summed E-state index contributed by atoms with van der Waals surface area (Å²) in [5.41, 5.74) is 0.538. The van der Waals surface area contributed by atoms with E-state index in [2.05, 4.69) is 22.0 Å². The monoisotopic (exact) mass is 510 g/mol. The number of hydrogen-bond donors (Lipinski definition) is 2. The van der Waals surface area contributed by atoms with E-state index in [-0.39, 0.29) is 41.8 Å². The van der Waals surface area contributed by atoms with Gasteiger partial charge in [0.05, 0.1) is 25.2 Å². The lowest BCUT2D eigenvalue weighted by Crippen LogP contribution is -2.50. The Morgan fingerprint density at radius 2 is 2.11 bits per heavy atom. The molecule has 2 fully saturated rings. The van der Waals surface area contributed by atoms with E-state index in [1.54, 1.807) is 15.6 Å². The van der Waals surface area contributed by atoms with E-state index in [4.69, 9.17) is 18.6 Å². The van der Waals surface area contributed by atoms with Crippen molar-refractivity contribution in [2.24, 2.45) is 11.3 Å². The third-order valence-corrected chi connectivity index (χ3v) is 7.32. The fourth-order valence-corrected chi connectivity index (χ4v) is 5.42. The lowest BCUT2D eigenvalue weighted by atomic mass is 9.56. The summed E-state index contributed by atoms with van der Waals surface area (Å²) < 4.78 is 21.4. The number of ether oxygens (including phenoxy) is 2. The second-order valence-electron chi connectivity index (χ2n) is 11.5. The first-order valence-corrected chi connectivity index (χ1v) is 13.3. The van der Waals surface area contributed by atoms with Crippen molar-refractivity contribution in [2.45, 2.75) is 91.0 Å². The Morgan fingerprint density at radius 1 is 1.41 bits per heavy atom. The van der Waals surface area contributed by atoms with Crippen molar-refractivity contribution < 1.29 is 20.8 Å². The Balaban J connectivity index is 1.47. The number of likely N-dealkylation sites (tertiary alicyclic amines) is 1. The zero-order valence-electron chi connectivity index (χ0n) is 23.7. The summed E-state index contributed by atoms with van der Waals surface area (Å²) >= 11 is 0. The largest absolute Gasteiger partial charge is 0.459 e. The minimum Gasteiger partial charge on any atom is -0.459 e. The summed E-state index contributed by atoms with van der Waals surface area (Å²) in [4.78, 5) is 23.1. The fourth-order valence-electron chi connectivity index (χ4n) is 5.42. The number of aliphatic hydroxyl groups excluding tert-OH is 1. The van der Waals surface area contributed by atoms with Crippen LogP contribution < -0.4 is 10.0 Å². The summed E-state index contributed by atoms with van der Waals surface area (Å²) in [6.07, 6.45) is 5.94. The van der Waals surface area contributed by atoms with Crippen molar-refractivity contribution in [3.05, 3.63) is 11.9 Å². The topological polar surface area (TPSA) is 114 Å². The van der Waals surface area contributed by atoms with E-state index in [9.17, 15) is 9.90 Å². The molecule has 199 valence electrons. The van der Waals surface area contributed by atoms with Crippen molar-refractivity contribution >= 4 is 32.5 Å². The molecule has 1 aliphatic carbocycles. The molecule has 1 amide bonds. The van der Waals surface area contributed by atoms with Crippen LogP contribution in [0.1, 0.15) is 84.9 Å². The second kappa shape index (κ2) is 11.1. The number of imidazole rings is 1. The molecular formula is C25H39B2N6O4. The van der Waals surface area contributed by atoms with Crippen LogP contribution in [0.4, 0.5) is 10.6 Å². The maximum Gasteiger partial charge on any atom is 0.410 e. The molecule has 1 spiro atoms. The van der Waals surface area contributed by atoms with Gasteiger partial charge in [0.2, 0.25) is 0 Å². The first-order valence-electron chi connectivity index (χ1n) is 13.8. The number of hydrogen-bond acceptors (Lipinski definition) is 8. The predicted octanol–water partition coefficient (Wildman–Crippen LogP) is 3.31. The van der Waals surface area contributed by atoms with Gasteiger partial charge >= 0.3 is 12.1 Å². The Bertz CT molecular complexity index is 1110. The van der Waals surface area contributed by atoms with E-state index in [0.717, 1.165) is 43.8 Å². The van der Waals surface area contributed by atoms with Gasteiger partial charge in [-0.1, -0.05) is 13.3 Å². The molecule has 2 N–H and O–H groups in total. The molecule has 3 radical (unpaired) electrons. The van der Waals surface area contributed by atoms with E-state index < -0.39 is 11.7 Å². The normalized spacial score (nSPS) is 19.7. The third-order valence-electron chi connectivity index (χ3n) is 7.32. The zero-order valence-corrected chi connectivity index (χ0v) is 22.7. The lowest BCUT2D eigenvalue weighted by Gasteiger charge is -2.53. The van der Waals surface area contributed by atoms with Crippen LogP contribution in [-0.2, 0) is 4.74 Å². The minimum absolute atomic E-state index is 0.0502. The molecule has 1 unspecified atom stereocenters. The summed E-state index contributed by atoms with van der Waals surface area (Å²) in [5.74, 6) is 0.313. The highest BCUT2D eigenvalue weighted by Crippen LogP contribution is 2.56. The molecule has 3 heterocycles. The Morgan fingerprint density at radius 3 is 2.73 bits per heavy atom. The minimum atomic E-state index is -0.775. The molecule has 2 atom stereocenters. The van der Waals surface area contributed by atoms with Gasteiger partial charge < -0.3 is 24.8 Å². The van der Waals surface area contributed by atoms with E-state index >= 15 is 0 Å². The molecule has 0 bridgehead atoms. The molecule has 4 rings (SSSR count). The maximum absolute atomic E-state index is 12.4. The lowest BCUT2D eigenvalue weighted by molar-refractivity contribution is -0.0716. The Kier molecular flexibility index (Phi) is 7.83. The van der Waals surface area contributed by atoms with Gasteiger partial charge in [0.1, 0.15) is 11.7 Å². The van der Waals surface area contributed by atoms with Gasteiger partial charge in [-0.2, -0.15) is 4.98 Å². The number of amides is 1. The SMILES string of the molecule is [2H]N(C[B][B])c1nc(O[C@@H](C)CCC)nn2c(C(O)C3CC4(CCN(C(=O)OC(C)(C)C)CC4)C3)cnc12. The molecule has 1 saturated heterocycles. The molecule has 12 heteroatoms. The van der Waals surface area contributed by atoms with Crippen LogP contribution in [-0.4, -0.2) is 81.8 Å². The highest BCUT2D eigenvalue weighted by atomic mass is 16.6. The number of nitrogens with one attached hydrogen (secondary N) is 1. The number of piperidine rings is 1. The molecule has 0 aromatic carbocycles. The number of nitrogens with zero attached hydrogens (tertiary/aromatic N) is 5. The van der Waals surface area contributed by atoms with Gasteiger partial charge in [-0.15, -0.1) is 5.10 Å². The van der Waals surface area contributed by atoms with Gasteiger partial charge in [-0.25, -0.2) is 14.3 Å². The highest BCUT2D eigenvalue weighted by molar-refractivity contribution is 6.89. The van der Waals surface area contributed by atoms with E-state index in [0.29, 0.717) is 24.4 Å². The molecule has 37 heavy (non-hydrogen) atoms. The Hall–Kier alpha value is -2.49. The van der Waals surface area contributed by atoms with Gasteiger partial charge in [0.15, 0.2) is 12.9 Å². The van der Waals surface area contributed by atoms with Gasteiger partial charge in [0.25, 0.3) is 0 Å². The van der Waals surface area contributed by atoms with Gasteiger partial charge in [-0.05, 0) is 77.6 Å². The number of carbonyl (C=O) groups excluding carboxylic acids is 1. The summed E-state index contributed by atoms with van der Waals surface area (Å²) in [6, 6.07) is 0.133. The number of fused-ring (bicyclic) bond motifs is 1. The van der Waals surface area contributed by atoms with Gasteiger partial charge in [0, 0.05) is 20.8 Å². The average molecular weight is 510 g/mol. The zero-order chi connectivity index (χ0) is 27.7. The second-order valence-corrected chi connectivity index (χ2v) is 11.5.